The molecule has 0 aliphatic carbocycles. The molecule has 2 aromatic carbocycles. The maximum absolute atomic E-state index is 12.2. The minimum atomic E-state index is -0.948. The third-order valence-corrected chi connectivity index (χ3v) is 3.88. The highest BCUT2D eigenvalue weighted by atomic mass is 35.5. The second kappa shape index (κ2) is 7.28. The van der Waals surface area contributed by atoms with Gasteiger partial charge in [0, 0.05) is 17.0 Å². The summed E-state index contributed by atoms with van der Waals surface area (Å²) in [6.45, 7) is -0.600. The van der Waals surface area contributed by atoms with Crippen molar-refractivity contribution in [1.29, 1.82) is 0 Å². The van der Waals surface area contributed by atoms with Crippen molar-refractivity contribution in [3.8, 4) is 11.5 Å². The molecule has 0 unspecified atom stereocenters. The Hall–Kier alpha value is -3.32. The SMILES string of the molecule is O=C(COC(=O)c1cc(O)c2ccccc2c1O)Nc1cccnc1Cl. The van der Waals surface area contributed by atoms with Crippen LogP contribution in [0.2, 0.25) is 5.15 Å². The molecule has 0 spiro atoms. The Morgan fingerprint density at radius 3 is 2.58 bits per heavy atom. The molecule has 0 fully saturated rings. The molecule has 8 heteroatoms. The van der Waals surface area contributed by atoms with Crippen molar-refractivity contribution < 1.29 is 24.5 Å². The molecule has 0 saturated carbocycles. The third kappa shape index (κ3) is 3.52. The maximum atomic E-state index is 12.2. The predicted molar refractivity (Wildman–Crippen MR) is 95.4 cm³/mol. The van der Waals surface area contributed by atoms with Crippen LogP contribution in [0, 0.1) is 0 Å². The Kier molecular flexibility index (Phi) is 4.90. The molecular weight excluding hydrogens is 360 g/mol. The monoisotopic (exact) mass is 372 g/mol. The first-order valence-corrected chi connectivity index (χ1v) is 7.86. The van der Waals surface area contributed by atoms with Crippen molar-refractivity contribution in [2.24, 2.45) is 0 Å². The van der Waals surface area contributed by atoms with Crippen molar-refractivity contribution in [2.45, 2.75) is 0 Å². The zero-order valence-corrected chi connectivity index (χ0v) is 14.0. The molecule has 7 nitrogen and oxygen atoms in total. The van der Waals surface area contributed by atoms with Gasteiger partial charge in [0.05, 0.1) is 5.69 Å². The van der Waals surface area contributed by atoms with E-state index in [-0.39, 0.29) is 27.9 Å². The van der Waals surface area contributed by atoms with Crippen molar-refractivity contribution in [3.05, 3.63) is 59.4 Å². The second-order valence-electron chi connectivity index (χ2n) is 5.30. The van der Waals surface area contributed by atoms with Gasteiger partial charge in [-0.15, -0.1) is 0 Å². The van der Waals surface area contributed by atoms with E-state index in [4.69, 9.17) is 16.3 Å². The van der Waals surface area contributed by atoms with Gasteiger partial charge in [0.2, 0.25) is 0 Å². The summed E-state index contributed by atoms with van der Waals surface area (Å²) in [5, 5.41) is 23.5. The Morgan fingerprint density at radius 1 is 1.12 bits per heavy atom. The van der Waals surface area contributed by atoms with Gasteiger partial charge in [0.15, 0.2) is 11.8 Å². The number of amides is 1. The zero-order chi connectivity index (χ0) is 18.7. The number of aromatic nitrogens is 1. The van der Waals surface area contributed by atoms with Crippen LogP contribution >= 0.6 is 11.6 Å². The minimum Gasteiger partial charge on any atom is -0.507 e. The van der Waals surface area contributed by atoms with Crippen LogP contribution in [-0.4, -0.2) is 33.7 Å². The second-order valence-corrected chi connectivity index (χ2v) is 5.66. The highest BCUT2D eigenvalue weighted by Gasteiger charge is 2.19. The van der Waals surface area contributed by atoms with Crippen LogP contribution in [0.5, 0.6) is 11.5 Å². The normalized spacial score (nSPS) is 10.5. The van der Waals surface area contributed by atoms with Crippen LogP contribution in [0.3, 0.4) is 0 Å². The third-order valence-electron chi connectivity index (χ3n) is 3.58. The number of hydrogen-bond acceptors (Lipinski definition) is 6. The summed E-state index contributed by atoms with van der Waals surface area (Å²) in [7, 11) is 0. The van der Waals surface area contributed by atoms with Crippen molar-refractivity contribution >= 4 is 39.9 Å². The van der Waals surface area contributed by atoms with Crippen LogP contribution in [0.25, 0.3) is 10.8 Å². The molecule has 3 N–H and O–H groups in total. The van der Waals surface area contributed by atoms with E-state index in [1.807, 2.05) is 0 Å². The largest absolute Gasteiger partial charge is 0.507 e. The standard InChI is InChI=1S/C18H13ClN2O5/c19-17-13(6-3-7-20-17)21-15(23)9-26-18(25)12-8-14(22)10-4-1-2-5-11(10)16(12)24/h1-8,22,24H,9H2,(H,21,23). The molecule has 26 heavy (non-hydrogen) atoms. The molecular formula is C18H13ClN2O5. The number of ether oxygens (including phenoxy) is 1. The zero-order valence-electron chi connectivity index (χ0n) is 13.3. The number of pyridine rings is 1. The average molecular weight is 373 g/mol. The van der Waals surface area contributed by atoms with E-state index in [9.17, 15) is 19.8 Å². The molecule has 3 rings (SSSR count). The van der Waals surface area contributed by atoms with E-state index in [1.165, 1.54) is 6.20 Å². The van der Waals surface area contributed by atoms with E-state index in [2.05, 4.69) is 10.3 Å². The molecule has 0 atom stereocenters. The lowest BCUT2D eigenvalue weighted by molar-refractivity contribution is -0.119. The summed E-state index contributed by atoms with van der Waals surface area (Å²) in [6, 6.07) is 10.7. The molecule has 132 valence electrons. The van der Waals surface area contributed by atoms with E-state index < -0.39 is 18.5 Å². The highest BCUT2D eigenvalue weighted by molar-refractivity contribution is 6.32. The number of anilines is 1. The fraction of sp³-hybridized carbons (Fsp3) is 0.0556. The number of hydrogen-bond donors (Lipinski definition) is 3. The first-order valence-electron chi connectivity index (χ1n) is 7.48. The number of phenols is 2. The summed E-state index contributed by atoms with van der Waals surface area (Å²) in [4.78, 5) is 27.9. The van der Waals surface area contributed by atoms with E-state index >= 15 is 0 Å². The predicted octanol–water partition coefficient (Wildman–Crippen LogP) is 3.09. The number of rotatable bonds is 4. The minimum absolute atomic E-state index is 0.101. The summed E-state index contributed by atoms with van der Waals surface area (Å²) in [6.07, 6.45) is 1.47. The molecule has 1 amide bonds. The fourth-order valence-electron chi connectivity index (χ4n) is 2.37. The average Bonchev–Trinajstić information content (AvgIpc) is 2.64. The van der Waals surface area contributed by atoms with Crippen molar-refractivity contribution in [3.63, 3.8) is 0 Å². The number of phenolic OH excluding ortho intramolecular Hbond substituents is 2. The summed E-state index contributed by atoms with van der Waals surface area (Å²) in [5.74, 6) is -2.09. The molecule has 0 bridgehead atoms. The fourth-order valence-corrected chi connectivity index (χ4v) is 2.54. The Balaban J connectivity index is 1.72. The van der Waals surface area contributed by atoms with Gasteiger partial charge < -0.3 is 20.3 Å². The van der Waals surface area contributed by atoms with Crippen LogP contribution in [-0.2, 0) is 9.53 Å². The summed E-state index contributed by atoms with van der Waals surface area (Å²) < 4.78 is 4.90. The topological polar surface area (TPSA) is 109 Å². The number of nitrogens with one attached hydrogen (secondary N) is 1. The van der Waals surface area contributed by atoms with Crippen LogP contribution < -0.4 is 5.32 Å². The molecule has 0 aliphatic heterocycles. The van der Waals surface area contributed by atoms with E-state index in [0.29, 0.717) is 10.8 Å². The first kappa shape index (κ1) is 17.5. The van der Waals surface area contributed by atoms with Gasteiger partial charge in [-0.25, -0.2) is 9.78 Å². The number of fused-ring (bicyclic) bond motifs is 1. The first-order chi connectivity index (χ1) is 12.5. The van der Waals surface area contributed by atoms with Gasteiger partial charge in [-0.3, -0.25) is 4.79 Å². The molecule has 1 heterocycles. The van der Waals surface area contributed by atoms with Crippen molar-refractivity contribution in [2.75, 3.05) is 11.9 Å². The van der Waals surface area contributed by atoms with Gasteiger partial charge in [-0.1, -0.05) is 35.9 Å². The number of nitrogens with zero attached hydrogens (tertiary/aromatic N) is 1. The lowest BCUT2D eigenvalue weighted by Crippen LogP contribution is -2.21. The van der Waals surface area contributed by atoms with E-state index in [0.717, 1.165) is 6.07 Å². The van der Waals surface area contributed by atoms with Crippen molar-refractivity contribution in [1.82, 2.24) is 4.98 Å². The maximum Gasteiger partial charge on any atom is 0.342 e. The smallest absolute Gasteiger partial charge is 0.342 e. The van der Waals surface area contributed by atoms with Gasteiger partial charge in [-0.2, -0.15) is 0 Å². The van der Waals surface area contributed by atoms with Crippen LogP contribution in [0.1, 0.15) is 10.4 Å². The summed E-state index contributed by atoms with van der Waals surface area (Å²) >= 11 is 5.83. The molecule has 3 aromatic rings. The highest BCUT2D eigenvalue weighted by Crippen LogP contribution is 2.35. The summed E-state index contributed by atoms with van der Waals surface area (Å²) in [5.41, 5.74) is 0.0369. The van der Waals surface area contributed by atoms with Gasteiger partial charge in [0.25, 0.3) is 5.91 Å². The number of benzene rings is 2. The molecule has 0 radical (unpaired) electrons. The quantitative estimate of drug-likeness (QED) is 0.369. The molecule has 0 aliphatic rings. The van der Waals surface area contributed by atoms with Crippen LogP contribution in [0.15, 0.2) is 48.7 Å². The number of halogens is 1. The van der Waals surface area contributed by atoms with E-state index in [1.54, 1.807) is 36.4 Å². The van der Waals surface area contributed by atoms with Gasteiger partial charge >= 0.3 is 5.97 Å². The number of carbonyl (C=O) groups excluding carboxylic acids is 2. The van der Waals surface area contributed by atoms with Gasteiger partial charge in [0.1, 0.15) is 17.1 Å². The Bertz CT molecular complexity index is 1010. The molecule has 1 aromatic heterocycles. The Morgan fingerprint density at radius 2 is 1.85 bits per heavy atom. The Labute approximate surface area is 152 Å². The number of esters is 1. The molecule has 0 saturated heterocycles. The lowest BCUT2D eigenvalue weighted by Gasteiger charge is -2.10. The number of aromatic hydroxyl groups is 2. The van der Waals surface area contributed by atoms with Gasteiger partial charge in [-0.05, 0) is 18.2 Å². The number of carbonyl (C=O) groups is 2. The lowest BCUT2D eigenvalue weighted by atomic mass is 10.0. The van der Waals surface area contributed by atoms with Crippen LogP contribution in [0.4, 0.5) is 5.69 Å².